The zero-order valence-electron chi connectivity index (χ0n) is 17.9. The van der Waals surface area contributed by atoms with Crippen molar-refractivity contribution in [1.29, 1.82) is 0 Å². The highest BCUT2D eigenvalue weighted by atomic mass is 19.1. The van der Waals surface area contributed by atoms with Crippen LogP contribution in [-0.2, 0) is 6.54 Å². The molecule has 0 aliphatic heterocycles. The number of aliphatic hydroxyl groups is 1. The third-order valence-electron chi connectivity index (χ3n) is 5.10. The van der Waals surface area contributed by atoms with E-state index in [1.165, 1.54) is 6.07 Å². The Kier molecular flexibility index (Phi) is 7.08. The van der Waals surface area contributed by atoms with Gasteiger partial charge in [-0.05, 0) is 35.7 Å². The number of carbonyl (C=O) groups excluding carboxylic acids is 1. The number of amides is 2. The minimum atomic E-state index is -0.497. The fourth-order valence-electron chi connectivity index (χ4n) is 3.42. The normalized spacial score (nSPS) is 10.5. The summed E-state index contributed by atoms with van der Waals surface area (Å²) in [6.07, 6.45) is 0.821. The lowest BCUT2D eigenvalue weighted by Gasteiger charge is -2.29. The second kappa shape index (κ2) is 9.94. The number of nitrogens with zero attached hydrogens (tertiary/aromatic N) is 2. The van der Waals surface area contributed by atoms with Gasteiger partial charge < -0.3 is 10.0 Å². The van der Waals surface area contributed by atoms with Gasteiger partial charge in [0.1, 0.15) is 11.6 Å². The molecule has 0 aromatic heterocycles. The molecular formula is C26H27FN2O2. The zero-order chi connectivity index (χ0) is 22.4. The summed E-state index contributed by atoms with van der Waals surface area (Å²) >= 11 is 0. The Morgan fingerprint density at radius 3 is 2.35 bits per heavy atom. The van der Waals surface area contributed by atoms with E-state index in [0.29, 0.717) is 23.4 Å². The summed E-state index contributed by atoms with van der Waals surface area (Å²) in [4.78, 5) is 16.5. The topological polar surface area (TPSA) is 43.8 Å². The van der Waals surface area contributed by atoms with Crippen LogP contribution in [0.3, 0.4) is 0 Å². The first-order chi connectivity index (χ1) is 14.9. The van der Waals surface area contributed by atoms with Gasteiger partial charge in [0.2, 0.25) is 0 Å². The van der Waals surface area contributed by atoms with Crippen molar-refractivity contribution in [3.05, 3.63) is 96.3 Å². The summed E-state index contributed by atoms with van der Waals surface area (Å²) < 4.78 is 14.7. The summed E-state index contributed by atoms with van der Waals surface area (Å²) in [7, 11) is 1.75. The van der Waals surface area contributed by atoms with E-state index in [4.69, 9.17) is 0 Å². The predicted molar refractivity (Wildman–Crippen MR) is 124 cm³/mol. The van der Waals surface area contributed by atoms with Crippen molar-refractivity contribution in [1.82, 2.24) is 4.90 Å². The maximum absolute atomic E-state index is 14.7. The summed E-state index contributed by atoms with van der Waals surface area (Å²) in [5, 5.41) is 9.53. The number of hydrogen-bond donors (Lipinski definition) is 1. The summed E-state index contributed by atoms with van der Waals surface area (Å²) in [6, 6.07) is 21.8. The van der Waals surface area contributed by atoms with Crippen LogP contribution in [-0.4, -0.2) is 29.6 Å². The van der Waals surface area contributed by atoms with Crippen molar-refractivity contribution in [3.8, 4) is 11.1 Å². The van der Waals surface area contributed by atoms with E-state index in [9.17, 15) is 14.3 Å². The molecule has 1 N–H and O–H groups in total. The van der Waals surface area contributed by atoms with Gasteiger partial charge in [0, 0.05) is 30.4 Å². The van der Waals surface area contributed by atoms with Gasteiger partial charge in [0.15, 0.2) is 0 Å². The van der Waals surface area contributed by atoms with Crippen molar-refractivity contribution >= 4 is 17.5 Å². The van der Waals surface area contributed by atoms with Crippen LogP contribution in [0.1, 0.15) is 24.5 Å². The van der Waals surface area contributed by atoms with E-state index < -0.39 is 5.82 Å². The maximum Gasteiger partial charge on any atom is 0.324 e. The number of aliphatic hydroxyl groups excluding tert-OH is 1. The molecule has 0 bridgehead atoms. The van der Waals surface area contributed by atoms with Crippen LogP contribution in [0.5, 0.6) is 0 Å². The second-order valence-electron chi connectivity index (χ2n) is 7.46. The highest BCUT2D eigenvalue weighted by molar-refractivity contribution is 5.92. The zero-order valence-corrected chi connectivity index (χ0v) is 17.9. The Hall–Kier alpha value is -3.60. The number of halogens is 1. The molecule has 0 radical (unpaired) electrons. The van der Waals surface area contributed by atoms with E-state index in [2.05, 4.69) is 6.58 Å². The van der Waals surface area contributed by atoms with E-state index in [0.717, 1.165) is 17.5 Å². The van der Waals surface area contributed by atoms with Crippen molar-refractivity contribution in [3.63, 3.8) is 0 Å². The fraction of sp³-hybridized carbons (Fsp3) is 0.192. The SMILES string of the molecule is C=C(O)c1ccc(CN(C(=O)N(C)CCC)c2cccc(-c3ccccc3)c2)c(F)c1. The molecule has 0 spiro atoms. The highest BCUT2D eigenvalue weighted by Crippen LogP contribution is 2.27. The van der Waals surface area contributed by atoms with E-state index in [1.54, 1.807) is 29.0 Å². The summed E-state index contributed by atoms with van der Waals surface area (Å²) in [5.74, 6) is -0.695. The minimum Gasteiger partial charge on any atom is -0.508 e. The van der Waals surface area contributed by atoms with Crippen LogP contribution in [0.2, 0.25) is 0 Å². The van der Waals surface area contributed by atoms with Crippen molar-refractivity contribution < 1.29 is 14.3 Å². The van der Waals surface area contributed by atoms with Gasteiger partial charge in [-0.1, -0.05) is 68.1 Å². The lowest BCUT2D eigenvalue weighted by atomic mass is 10.0. The summed E-state index contributed by atoms with van der Waals surface area (Å²) in [5.41, 5.74) is 3.36. The minimum absolute atomic E-state index is 0.0646. The molecule has 0 saturated heterocycles. The molecule has 0 fully saturated rings. The van der Waals surface area contributed by atoms with Gasteiger partial charge in [-0.3, -0.25) is 4.90 Å². The van der Waals surface area contributed by atoms with Gasteiger partial charge in [-0.2, -0.15) is 0 Å². The van der Waals surface area contributed by atoms with Gasteiger partial charge in [-0.15, -0.1) is 0 Å². The molecule has 0 aliphatic carbocycles. The molecule has 5 heteroatoms. The Labute approximate surface area is 182 Å². The van der Waals surface area contributed by atoms with Crippen molar-refractivity contribution in [2.45, 2.75) is 19.9 Å². The molecule has 4 nitrogen and oxygen atoms in total. The fourth-order valence-corrected chi connectivity index (χ4v) is 3.42. The Morgan fingerprint density at radius 2 is 1.71 bits per heavy atom. The lowest BCUT2D eigenvalue weighted by Crippen LogP contribution is -2.41. The first kappa shape index (κ1) is 22.1. The molecule has 3 aromatic carbocycles. The van der Waals surface area contributed by atoms with Gasteiger partial charge in [0.05, 0.1) is 6.54 Å². The molecule has 2 amide bonds. The van der Waals surface area contributed by atoms with Gasteiger partial charge in [-0.25, -0.2) is 9.18 Å². The average molecular weight is 419 g/mol. The second-order valence-corrected chi connectivity index (χ2v) is 7.46. The predicted octanol–water partition coefficient (Wildman–Crippen LogP) is 6.49. The van der Waals surface area contributed by atoms with Gasteiger partial charge >= 0.3 is 6.03 Å². The smallest absolute Gasteiger partial charge is 0.324 e. The molecule has 0 atom stereocenters. The monoisotopic (exact) mass is 418 g/mol. The van der Waals surface area contributed by atoms with Crippen LogP contribution in [0.4, 0.5) is 14.9 Å². The summed E-state index contributed by atoms with van der Waals surface area (Å²) in [6.45, 7) is 6.10. The first-order valence-electron chi connectivity index (χ1n) is 10.3. The quantitative estimate of drug-likeness (QED) is 0.446. The number of carbonyl (C=O) groups is 1. The third-order valence-corrected chi connectivity index (χ3v) is 5.10. The van der Waals surface area contributed by atoms with Crippen LogP contribution in [0, 0.1) is 5.82 Å². The molecule has 0 heterocycles. The Morgan fingerprint density at radius 1 is 1.00 bits per heavy atom. The Bertz CT molecular complexity index is 1070. The molecule has 0 saturated carbocycles. The molecule has 3 rings (SSSR count). The number of anilines is 1. The number of urea groups is 1. The number of hydrogen-bond acceptors (Lipinski definition) is 2. The Balaban J connectivity index is 2.00. The molecule has 0 aliphatic rings. The van der Waals surface area contributed by atoms with E-state index in [1.807, 2.05) is 61.5 Å². The average Bonchev–Trinajstić information content (AvgIpc) is 2.78. The maximum atomic E-state index is 14.7. The van der Waals surface area contributed by atoms with Crippen molar-refractivity contribution in [2.75, 3.05) is 18.5 Å². The van der Waals surface area contributed by atoms with Crippen LogP contribution < -0.4 is 4.90 Å². The van der Waals surface area contributed by atoms with Gasteiger partial charge in [0.25, 0.3) is 0 Å². The largest absolute Gasteiger partial charge is 0.508 e. The molecular weight excluding hydrogens is 391 g/mol. The first-order valence-corrected chi connectivity index (χ1v) is 10.3. The molecule has 3 aromatic rings. The number of rotatable bonds is 7. The van der Waals surface area contributed by atoms with Crippen molar-refractivity contribution in [2.24, 2.45) is 0 Å². The van der Waals surface area contributed by atoms with Crippen LogP contribution in [0.15, 0.2) is 79.4 Å². The van der Waals surface area contributed by atoms with E-state index in [-0.39, 0.29) is 18.3 Å². The molecule has 160 valence electrons. The van der Waals surface area contributed by atoms with E-state index >= 15 is 0 Å². The standard InChI is InChI=1S/C26H27FN2O2/c1-4-15-28(3)26(31)29(18-23-14-13-21(19(2)30)17-25(23)27)24-12-8-11-22(16-24)20-9-6-5-7-10-20/h5-14,16-17,30H,2,4,15,18H2,1,3H3. The number of benzene rings is 3. The lowest BCUT2D eigenvalue weighted by molar-refractivity contribution is 0.215. The van der Waals surface area contributed by atoms with Crippen LogP contribution >= 0.6 is 0 Å². The third kappa shape index (κ3) is 5.31. The molecule has 31 heavy (non-hydrogen) atoms. The molecule has 0 unspecified atom stereocenters. The highest BCUT2D eigenvalue weighted by Gasteiger charge is 2.22. The van der Waals surface area contributed by atoms with Crippen LogP contribution in [0.25, 0.3) is 16.9 Å².